The topological polar surface area (TPSA) is 75.1 Å². The molecule has 0 atom stereocenters. The Morgan fingerprint density at radius 2 is 2.00 bits per heavy atom. The van der Waals surface area contributed by atoms with Gasteiger partial charge in [-0.2, -0.15) is 0 Å². The van der Waals surface area contributed by atoms with Gasteiger partial charge in [0.15, 0.2) is 4.77 Å². The number of H-pyrrole nitrogens is 1. The average molecular weight is 326 g/mol. The van der Waals surface area contributed by atoms with Crippen molar-refractivity contribution in [3.63, 3.8) is 0 Å². The molecule has 5 nitrogen and oxygen atoms in total. The minimum atomic E-state index is -1.05. The van der Waals surface area contributed by atoms with E-state index in [2.05, 4.69) is 4.98 Å². The van der Waals surface area contributed by atoms with Crippen LogP contribution in [0.25, 0.3) is 10.9 Å². The molecule has 0 unspecified atom stereocenters. The zero-order valence-corrected chi connectivity index (χ0v) is 13.2. The Morgan fingerprint density at radius 3 is 2.70 bits per heavy atom. The third-order valence-corrected chi connectivity index (χ3v) is 4.14. The Hall–Kier alpha value is -2.73. The van der Waals surface area contributed by atoms with Crippen LogP contribution >= 0.6 is 12.2 Å². The number of aryl methyl sites for hydroxylation is 1. The van der Waals surface area contributed by atoms with Crippen molar-refractivity contribution < 1.29 is 9.90 Å². The molecule has 6 heteroatoms. The van der Waals surface area contributed by atoms with Gasteiger partial charge in [0, 0.05) is 0 Å². The summed E-state index contributed by atoms with van der Waals surface area (Å²) in [6.07, 6.45) is 0. The summed E-state index contributed by atoms with van der Waals surface area (Å²) in [6.45, 7) is 2.35. The fraction of sp³-hybridized carbons (Fsp3) is 0.118. The van der Waals surface area contributed by atoms with E-state index < -0.39 is 5.97 Å². The van der Waals surface area contributed by atoms with Crippen LogP contribution in [-0.4, -0.2) is 20.6 Å². The highest BCUT2D eigenvalue weighted by Gasteiger charge is 2.10. The van der Waals surface area contributed by atoms with Crippen molar-refractivity contribution in [2.24, 2.45) is 0 Å². The van der Waals surface area contributed by atoms with E-state index in [0.717, 1.165) is 11.1 Å². The molecule has 0 amide bonds. The number of hydrogen-bond acceptors (Lipinski definition) is 3. The van der Waals surface area contributed by atoms with Crippen molar-refractivity contribution in [3.8, 4) is 0 Å². The molecule has 0 aliphatic carbocycles. The van der Waals surface area contributed by atoms with E-state index in [4.69, 9.17) is 17.3 Å². The van der Waals surface area contributed by atoms with Gasteiger partial charge in [-0.15, -0.1) is 0 Å². The summed E-state index contributed by atoms with van der Waals surface area (Å²) in [6, 6.07) is 12.1. The average Bonchev–Trinajstić information content (AvgIpc) is 2.52. The number of aromatic amines is 1. The van der Waals surface area contributed by atoms with Gasteiger partial charge in [0.1, 0.15) is 0 Å². The normalized spacial score (nSPS) is 10.8. The molecule has 0 bridgehead atoms. The number of aromatic nitrogens is 2. The van der Waals surface area contributed by atoms with Crippen LogP contribution in [0, 0.1) is 11.7 Å². The Kier molecular flexibility index (Phi) is 3.83. The highest BCUT2D eigenvalue weighted by molar-refractivity contribution is 7.71. The van der Waals surface area contributed by atoms with Crippen LogP contribution in [0.4, 0.5) is 0 Å². The van der Waals surface area contributed by atoms with E-state index in [1.54, 1.807) is 0 Å². The molecule has 2 aromatic carbocycles. The number of carboxylic acids is 1. The largest absolute Gasteiger partial charge is 0.478 e. The van der Waals surface area contributed by atoms with Crippen LogP contribution in [0.1, 0.15) is 21.5 Å². The zero-order valence-electron chi connectivity index (χ0n) is 12.4. The van der Waals surface area contributed by atoms with Crippen molar-refractivity contribution in [1.29, 1.82) is 0 Å². The van der Waals surface area contributed by atoms with Crippen molar-refractivity contribution in [1.82, 2.24) is 9.55 Å². The van der Waals surface area contributed by atoms with Crippen LogP contribution in [0.15, 0.2) is 47.3 Å². The Labute approximate surface area is 136 Å². The molecular formula is C17H14N2O3S. The predicted octanol–water partition coefficient (Wildman–Crippen LogP) is 3.11. The molecule has 2 N–H and O–H groups in total. The lowest BCUT2D eigenvalue weighted by Gasteiger charge is -2.10. The second-order valence-electron chi connectivity index (χ2n) is 5.31. The van der Waals surface area contributed by atoms with Gasteiger partial charge in [-0.25, -0.2) is 4.79 Å². The van der Waals surface area contributed by atoms with Crippen LogP contribution < -0.4 is 5.56 Å². The summed E-state index contributed by atoms with van der Waals surface area (Å²) in [5.74, 6) is -1.05. The van der Waals surface area contributed by atoms with Gasteiger partial charge in [-0.1, -0.05) is 24.3 Å². The summed E-state index contributed by atoms with van der Waals surface area (Å²) >= 11 is 5.28. The molecule has 0 aliphatic heterocycles. The Morgan fingerprint density at radius 1 is 1.26 bits per heavy atom. The van der Waals surface area contributed by atoms with E-state index in [0.29, 0.717) is 17.4 Å². The summed E-state index contributed by atoms with van der Waals surface area (Å²) in [4.78, 5) is 26.7. The molecular weight excluding hydrogens is 312 g/mol. The standard InChI is InChI=1S/C17H14N2O3S/c1-10-4-2-3-5-12(10)9-19-15(20)13-7-6-11(16(21)22)8-14(13)18-17(19)23/h2-8H,9H2,1H3,(H,18,23)(H,21,22). The maximum absolute atomic E-state index is 12.7. The highest BCUT2D eigenvalue weighted by atomic mass is 32.1. The van der Waals surface area contributed by atoms with E-state index in [1.807, 2.05) is 31.2 Å². The summed E-state index contributed by atoms with van der Waals surface area (Å²) < 4.78 is 1.76. The van der Waals surface area contributed by atoms with E-state index in [9.17, 15) is 9.59 Å². The minimum Gasteiger partial charge on any atom is -0.478 e. The summed E-state index contributed by atoms with van der Waals surface area (Å²) in [5, 5.41) is 9.45. The lowest BCUT2D eigenvalue weighted by atomic mass is 10.1. The van der Waals surface area contributed by atoms with Gasteiger partial charge >= 0.3 is 5.97 Å². The molecule has 0 radical (unpaired) electrons. The van der Waals surface area contributed by atoms with Crippen molar-refractivity contribution in [2.75, 3.05) is 0 Å². The molecule has 1 heterocycles. The number of fused-ring (bicyclic) bond motifs is 1. The number of nitrogens with one attached hydrogen (secondary N) is 1. The number of nitrogens with zero attached hydrogens (tertiary/aromatic N) is 1. The number of benzene rings is 2. The van der Waals surface area contributed by atoms with Gasteiger partial charge < -0.3 is 10.1 Å². The van der Waals surface area contributed by atoms with Crippen molar-refractivity contribution in [3.05, 3.63) is 74.3 Å². The maximum Gasteiger partial charge on any atom is 0.335 e. The number of carboxylic acid groups (broad SMARTS) is 1. The van der Waals surface area contributed by atoms with Crippen molar-refractivity contribution >= 4 is 29.1 Å². The number of rotatable bonds is 3. The van der Waals surface area contributed by atoms with Crippen LogP contribution in [0.3, 0.4) is 0 Å². The molecule has 0 fully saturated rings. The Bertz CT molecular complexity index is 1030. The third-order valence-electron chi connectivity index (χ3n) is 3.82. The molecule has 1 aromatic heterocycles. The predicted molar refractivity (Wildman–Crippen MR) is 90.6 cm³/mol. The summed E-state index contributed by atoms with van der Waals surface area (Å²) in [7, 11) is 0. The highest BCUT2D eigenvalue weighted by Crippen LogP contribution is 2.13. The second-order valence-corrected chi connectivity index (χ2v) is 5.70. The molecule has 0 spiro atoms. The monoisotopic (exact) mass is 326 g/mol. The first-order valence-corrected chi connectivity index (χ1v) is 7.43. The maximum atomic E-state index is 12.7. The molecule has 0 saturated carbocycles. The van der Waals surface area contributed by atoms with Gasteiger partial charge in [0.05, 0.1) is 23.0 Å². The first-order valence-electron chi connectivity index (χ1n) is 7.02. The lowest BCUT2D eigenvalue weighted by molar-refractivity contribution is 0.0697. The summed E-state index contributed by atoms with van der Waals surface area (Å²) in [5.41, 5.74) is 2.40. The van der Waals surface area contributed by atoms with E-state index in [-0.39, 0.29) is 15.9 Å². The molecule has 3 rings (SSSR count). The fourth-order valence-corrected chi connectivity index (χ4v) is 2.75. The smallest absolute Gasteiger partial charge is 0.335 e. The number of aromatic carboxylic acids is 1. The first kappa shape index (κ1) is 15.2. The fourth-order valence-electron chi connectivity index (χ4n) is 2.49. The van der Waals surface area contributed by atoms with Gasteiger partial charge in [-0.3, -0.25) is 9.36 Å². The van der Waals surface area contributed by atoms with E-state index in [1.165, 1.54) is 22.8 Å². The lowest BCUT2D eigenvalue weighted by Crippen LogP contribution is -2.23. The number of hydrogen-bond donors (Lipinski definition) is 2. The van der Waals surface area contributed by atoms with E-state index >= 15 is 0 Å². The zero-order chi connectivity index (χ0) is 16.6. The SMILES string of the molecule is Cc1ccccc1Cn1c(=S)[nH]c2cc(C(=O)O)ccc2c1=O. The third kappa shape index (κ3) is 2.80. The molecule has 116 valence electrons. The minimum absolute atomic E-state index is 0.110. The molecule has 0 saturated heterocycles. The molecule has 3 aromatic rings. The van der Waals surface area contributed by atoms with Gasteiger partial charge in [-0.05, 0) is 48.5 Å². The van der Waals surface area contributed by atoms with Crippen molar-refractivity contribution in [2.45, 2.75) is 13.5 Å². The number of carbonyl (C=O) groups is 1. The quantitative estimate of drug-likeness (QED) is 0.725. The molecule has 23 heavy (non-hydrogen) atoms. The van der Waals surface area contributed by atoms with Crippen LogP contribution in [-0.2, 0) is 6.54 Å². The Balaban J connectivity index is 2.18. The van der Waals surface area contributed by atoms with Crippen LogP contribution in [0.2, 0.25) is 0 Å². The molecule has 0 aliphatic rings. The second kappa shape index (κ2) is 5.81. The van der Waals surface area contributed by atoms with Gasteiger partial charge in [0.2, 0.25) is 0 Å². The van der Waals surface area contributed by atoms with Crippen LogP contribution in [0.5, 0.6) is 0 Å². The first-order chi connectivity index (χ1) is 11.0. The van der Waals surface area contributed by atoms with Gasteiger partial charge in [0.25, 0.3) is 5.56 Å².